The third kappa shape index (κ3) is 52.5. The van der Waals surface area contributed by atoms with Crippen molar-refractivity contribution in [1.82, 2.24) is 46.5 Å². The molecule has 0 spiro atoms. The first-order chi connectivity index (χ1) is 47.8. The van der Waals surface area contributed by atoms with Gasteiger partial charge in [0.05, 0.1) is 276 Å². The van der Waals surface area contributed by atoms with Crippen LogP contribution in [-0.4, -0.2) is 350 Å². The molecular weight excluding hydrogens is 1300 g/mol. The summed E-state index contributed by atoms with van der Waals surface area (Å²) < 4.78 is 102. The maximum atomic E-state index is 13.3. The highest BCUT2D eigenvalue weighted by Crippen LogP contribution is 2.33. The molecule has 0 saturated carbocycles. The van der Waals surface area contributed by atoms with Crippen LogP contribution in [0.25, 0.3) is 0 Å². The Balaban J connectivity index is 1.11. The van der Waals surface area contributed by atoms with Crippen molar-refractivity contribution in [3.05, 3.63) is 11.9 Å². The van der Waals surface area contributed by atoms with E-state index in [0.29, 0.717) is 301 Å². The number of thioether (sulfide) groups is 1. The second kappa shape index (κ2) is 65.2. The lowest BCUT2D eigenvalue weighted by atomic mass is 10.0. The van der Waals surface area contributed by atoms with Crippen LogP contribution in [0.1, 0.15) is 50.6 Å². The van der Waals surface area contributed by atoms with Crippen molar-refractivity contribution in [2.45, 2.75) is 75.4 Å². The molecule has 35 heteroatoms. The van der Waals surface area contributed by atoms with Crippen LogP contribution in [0.15, 0.2) is 6.20 Å². The summed E-state index contributed by atoms with van der Waals surface area (Å²) in [5.41, 5.74) is 11.4. The molecule has 0 bridgehead atoms. The SMILES string of the molecule is NCCNC(=O)CCOCCOCCOCCOCCOCCOCCN(CCOCCOCCOCCOCCOCCOCCC(=O)NCCN)C(=O)CCOCCOCCOCCOCCOCCOCCn1cc(CNC(=O)CCCC[C@@H]2SC[C@@H]3NC(=O)N[C@@H]32)nn1. The van der Waals surface area contributed by atoms with Gasteiger partial charge in [-0.15, -0.1) is 5.10 Å². The minimum Gasteiger partial charge on any atom is -0.379 e. The van der Waals surface area contributed by atoms with E-state index in [1.165, 1.54) is 0 Å². The number of aromatic nitrogens is 3. The largest absolute Gasteiger partial charge is 0.379 e. The lowest BCUT2D eigenvalue weighted by Gasteiger charge is -2.23. The zero-order valence-corrected chi connectivity index (χ0v) is 58.1. The molecule has 3 rings (SSSR count). The minimum absolute atomic E-state index is 0.0165. The summed E-state index contributed by atoms with van der Waals surface area (Å²) in [6, 6.07) is 0.323. The molecule has 6 amide bonds. The van der Waals surface area contributed by atoms with Crippen molar-refractivity contribution in [3.8, 4) is 0 Å². The number of nitrogens with one attached hydrogen (secondary N) is 5. The van der Waals surface area contributed by atoms with Gasteiger partial charge in [0.1, 0.15) is 5.69 Å². The van der Waals surface area contributed by atoms with Crippen molar-refractivity contribution in [2.24, 2.45) is 11.5 Å². The molecule has 3 heterocycles. The van der Waals surface area contributed by atoms with Crippen molar-refractivity contribution in [1.29, 1.82) is 0 Å². The van der Waals surface area contributed by atoms with E-state index in [4.69, 9.17) is 96.7 Å². The Morgan fingerprint density at radius 2 is 0.804 bits per heavy atom. The number of hydrogen-bond donors (Lipinski definition) is 7. The summed E-state index contributed by atoms with van der Waals surface area (Å²) in [5.74, 6) is 0.654. The Labute approximate surface area is 576 Å². The molecule has 2 fully saturated rings. The number of urea groups is 1. The number of fused-ring (bicyclic) bond motifs is 1. The van der Waals surface area contributed by atoms with E-state index >= 15 is 0 Å². The third-order valence-corrected chi connectivity index (χ3v) is 15.4. The first-order valence-electron chi connectivity index (χ1n) is 34.2. The molecule has 0 unspecified atom stereocenters. The van der Waals surface area contributed by atoms with Crippen molar-refractivity contribution in [3.63, 3.8) is 0 Å². The molecule has 0 radical (unpaired) electrons. The van der Waals surface area contributed by atoms with Crippen LogP contribution >= 0.6 is 11.8 Å². The minimum atomic E-state index is -0.0888. The van der Waals surface area contributed by atoms with E-state index in [9.17, 15) is 24.0 Å². The van der Waals surface area contributed by atoms with Gasteiger partial charge < -0.3 is 128 Å². The number of ether oxygens (including phenoxy) is 18. The summed E-state index contributed by atoms with van der Waals surface area (Å²) in [7, 11) is 0. The van der Waals surface area contributed by atoms with Gasteiger partial charge in [0, 0.05) is 69.5 Å². The zero-order chi connectivity index (χ0) is 69.2. The van der Waals surface area contributed by atoms with E-state index in [1.807, 2.05) is 11.8 Å². The van der Waals surface area contributed by atoms with Crippen molar-refractivity contribution in [2.75, 3.05) is 283 Å². The summed E-state index contributed by atoms with van der Waals surface area (Å²) in [4.78, 5) is 62.0. The van der Waals surface area contributed by atoms with E-state index in [0.717, 1.165) is 25.0 Å². The standard InChI is InChI=1S/C62H117N11O23S/c63-8-10-65-58(75)5-15-79-21-27-85-33-39-91-45-48-94-42-36-88-30-24-82-18-12-72(13-19-83-25-31-89-37-43-95-49-46-92-40-34-86-28-22-80-16-6-59(76)66-11-9-64)60(77)7-17-81-23-29-87-35-41-93-47-50-96-44-38-90-32-26-84-20-14-73-52-54(70-71-73)51-67-57(74)4-2-1-3-56-61-55(53-97-56)68-62(78)69-61/h52,55-56,61H,1-51,53,63-64H2,(H,65,75)(H,66,76)(H,67,74)(H2,68,69,78)/t55-,56-,61-/m0/s1. The number of carbonyl (C=O) groups excluding carboxylic acids is 5. The van der Waals surface area contributed by atoms with Gasteiger partial charge in [0.2, 0.25) is 23.6 Å². The zero-order valence-electron chi connectivity index (χ0n) is 57.3. The summed E-state index contributed by atoms with van der Waals surface area (Å²) in [6.45, 7) is 17.3. The van der Waals surface area contributed by atoms with Crippen molar-refractivity contribution >= 4 is 41.4 Å². The molecule has 3 atom stereocenters. The highest BCUT2D eigenvalue weighted by molar-refractivity contribution is 8.00. The Kier molecular flexibility index (Phi) is 58.5. The average Bonchev–Trinajstić information content (AvgIpc) is 1.67. The van der Waals surface area contributed by atoms with Gasteiger partial charge in [-0.1, -0.05) is 11.6 Å². The Morgan fingerprint density at radius 3 is 1.20 bits per heavy atom. The predicted octanol–water partition coefficient (Wildman–Crippen LogP) is -1.93. The van der Waals surface area contributed by atoms with Crippen molar-refractivity contribution < 1.29 is 109 Å². The van der Waals surface area contributed by atoms with Crippen LogP contribution in [0, 0.1) is 0 Å². The van der Waals surface area contributed by atoms with Gasteiger partial charge in [-0.2, -0.15) is 11.8 Å². The van der Waals surface area contributed by atoms with Crippen LogP contribution in [0.2, 0.25) is 0 Å². The van der Waals surface area contributed by atoms with E-state index in [-0.39, 0.29) is 67.6 Å². The van der Waals surface area contributed by atoms with E-state index < -0.39 is 0 Å². The molecule has 0 aromatic carbocycles. The highest BCUT2D eigenvalue weighted by Gasteiger charge is 2.42. The number of nitrogens with two attached hydrogens (primary N) is 2. The molecule has 2 aliphatic rings. The third-order valence-electron chi connectivity index (χ3n) is 13.9. The molecule has 9 N–H and O–H groups in total. The number of hydrogen-bond acceptors (Lipinski definition) is 28. The molecule has 1 aromatic rings. The second-order valence-corrected chi connectivity index (χ2v) is 22.8. The van der Waals surface area contributed by atoms with Crippen LogP contribution in [0.3, 0.4) is 0 Å². The van der Waals surface area contributed by atoms with Gasteiger partial charge in [0.15, 0.2) is 0 Å². The molecule has 564 valence electrons. The number of unbranched alkanes of at least 4 members (excludes halogenated alkanes) is 1. The van der Waals surface area contributed by atoms with E-state index in [2.05, 4.69) is 36.9 Å². The fourth-order valence-corrected chi connectivity index (χ4v) is 10.3. The summed E-state index contributed by atoms with van der Waals surface area (Å²) in [5, 5.41) is 22.9. The molecule has 0 aliphatic carbocycles. The number of nitrogens with zero attached hydrogens (tertiary/aromatic N) is 4. The fraction of sp³-hybridized carbons (Fsp3) is 0.887. The molecule has 1 aromatic heterocycles. The molecule has 34 nitrogen and oxygen atoms in total. The quantitative estimate of drug-likeness (QED) is 0.0276. The summed E-state index contributed by atoms with van der Waals surface area (Å²) >= 11 is 1.88. The van der Waals surface area contributed by atoms with Gasteiger partial charge in [-0.05, 0) is 12.8 Å². The number of carbonyl (C=O) groups is 5. The van der Waals surface area contributed by atoms with Crippen LogP contribution in [-0.2, 0) is 118 Å². The van der Waals surface area contributed by atoms with E-state index in [1.54, 1.807) is 15.8 Å². The van der Waals surface area contributed by atoms with Gasteiger partial charge >= 0.3 is 6.03 Å². The van der Waals surface area contributed by atoms with Crippen LogP contribution < -0.4 is 38.1 Å². The van der Waals surface area contributed by atoms with Gasteiger partial charge in [-0.3, -0.25) is 19.2 Å². The average molecular weight is 1420 g/mol. The molecule has 2 saturated heterocycles. The van der Waals surface area contributed by atoms with Gasteiger partial charge in [-0.25, -0.2) is 9.48 Å². The molecular formula is C62H117N11O23S. The smallest absolute Gasteiger partial charge is 0.315 e. The highest BCUT2D eigenvalue weighted by atomic mass is 32.2. The van der Waals surface area contributed by atoms with Crippen LogP contribution in [0.4, 0.5) is 4.79 Å². The van der Waals surface area contributed by atoms with Crippen LogP contribution in [0.5, 0.6) is 0 Å². The first kappa shape index (κ1) is 87.1. The monoisotopic (exact) mass is 1420 g/mol. The van der Waals surface area contributed by atoms with Gasteiger partial charge in [0.25, 0.3) is 0 Å². The first-order valence-corrected chi connectivity index (χ1v) is 35.3. The molecule has 2 aliphatic heterocycles. The normalized spacial score (nSPS) is 15.0. The lowest BCUT2D eigenvalue weighted by molar-refractivity contribution is -0.134. The molecule has 97 heavy (non-hydrogen) atoms. The maximum absolute atomic E-state index is 13.3. The maximum Gasteiger partial charge on any atom is 0.315 e. The number of rotatable bonds is 74. The predicted molar refractivity (Wildman–Crippen MR) is 355 cm³/mol. The summed E-state index contributed by atoms with van der Waals surface area (Å²) in [6.07, 6.45) is 5.70. The Hall–Kier alpha value is -4.16. The fourth-order valence-electron chi connectivity index (χ4n) is 8.80. The second-order valence-electron chi connectivity index (χ2n) is 21.5. The topological polar surface area (TPSA) is 398 Å². The Bertz CT molecular complexity index is 1980. The lowest BCUT2D eigenvalue weighted by Crippen LogP contribution is -2.37. The number of amides is 6. The Morgan fingerprint density at radius 1 is 0.454 bits per heavy atom.